The first-order chi connectivity index (χ1) is 7.69. The SMILES string of the molecule is C=C[C@H](C)[C@@H](Cc1ccccc1)C(=O)OC. The van der Waals surface area contributed by atoms with E-state index in [1.807, 2.05) is 37.3 Å². The fourth-order valence-corrected chi connectivity index (χ4v) is 1.67. The molecule has 0 radical (unpaired) electrons. The van der Waals surface area contributed by atoms with Crippen molar-refractivity contribution in [2.24, 2.45) is 11.8 Å². The van der Waals surface area contributed by atoms with Gasteiger partial charge in [-0.2, -0.15) is 0 Å². The summed E-state index contributed by atoms with van der Waals surface area (Å²) >= 11 is 0. The standard InChI is InChI=1S/C14H18O2/c1-4-11(2)13(14(15)16-3)10-12-8-6-5-7-9-12/h4-9,11,13H,1,10H2,2-3H3/t11-,13+/m0/s1. The first kappa shape index (κ1) is 12.5. The minimum absolute atomic E-state index is 0.118. The van der Waals surface area contributed by atoms with Gasteiger partial charge in [-0.15, -0.1) is 6.58 Å². The second-order valence-electron chi connectivity index (χ2n) is 3.91. The minimum Gasteiger partial charge on any atom is -0.469 e. The van der Waals surface area contributed by atoms with Crippen LogP contribution in [-0.4, -0.2) is 13.1 Å². The van der Waals surface area contributed by atoms with Crippen molar-refractivity contribution in [3.05, 3.63) is 48.6 Å². The first-order valence-electron chi connectivity index (χ1n) is 5.43. The zero-order valence-electron chi connectivity index (χ0n) is 9.85. The van der Waals surface area contributed by atoms with E-state index in [1.165, 1.54) is 7.11 Å². The largest absolute Gasteiger partial charge is 0.469 e. The predicted molar refractivity (Wildman–Crippen MR) is 65.0 cm³/mol. The third-order valence-corrected chi connectivity index (χ3v) is 2.81. The van der Waals surface area contributed by atoms with Crippen molar-refractivity contribution < 1.29 is 9.53 Å². The summed E-state index contributed by atoms with van der Waals surface area (Å²) in [6, 6.07) is 9.95. The molecule has 0 unspecified atom stereocenters. The average molecular weight is 218 g/mol. The van der Waals surface area contributed by atoms with Crippen LogP contribution in [-0.2, 0) is 16.0 Å². The molecule has 86 valence electrons. The van der Waals surface area contributed by atoms with Crippen LogP contribution in [0.5, 0.6) is 0 Å². The van der Waals surface area contributed by atoms with E-state index in [4.69, 9.17) is 4.74 Å². The molecule has 0 spiro atoms. The highest BCUT2D eigenvalue weighted by atomic mass is 16.5. The van der Waals surface area contributed by atoms with Crippen LogP contribution in [0.2, 0.25) is 0 Å². The molecule has 0 aliphatic carbocycles. The van der Waals surface area contributed by atoms with Gasteiger partial charge in [0.2, 0.25) is 0 Å². The second kappa shape index (κ2) is 6.11. The van der Waals surface area contributed by atoms with E-state index < -0.39 is 0 Å². The Labute approximate surface area is 96.9 Å². The van der Waals surface area contributed by atoms with Crippen molar-refractivity contribution in [3.63, 3.8) is 0 Å². The summed E-state index contributed by atoms with van der Waals surface area (Å²) < 4.78 is 4.82. The fourth-order valence-electron chi connectivity index (χ4n) is 1.67. The Morgan fingerprint density at radius 1 is 1.44 bits per heavy atom. The highest BCUT2D eigenvalue weighted by Gasteiger charge is 2.24. The highest BCUT2D eigenvalue weighted by molar-refractivity contribution is 5.73. The summed E-state index contributed by atoms with van der Waals surface area (Å²) in [6.07, 6.45) is 2.49. The Kier molecular flexibility index (Phi) is 4.77. The van der Waals surface area contributed by atoms with Crippen molar-refractivity contribution in [1.29, 1.82) is 0 Å². The Bertz CT molecular complexity index is 343. The molecule has 1 rings (SSSR count). The number of allylic oxidation sites excluding steroid dienone is 1. The Hall–Kier alpha value is -1.57. The lowest BCUT2D eigenvalue weighted by atomic mass is 9.88. The quantitative estimate of drug-likeness (QED) is 0.561. The van der Waals surface area contributed by atoms with Crippen LogP contribution in [0, 0.1) is 11.8 Å². The lowest BCUT2D eigenvalue weighted by Gasteiger charge is -2.18. The first-order valence-corrected chi connectivity index (χ1v) is 5.43. The van der Waals surface area contributed by atoms with Gasteiger partial charge < -0.3 is 4.74 Å². The molecule has 0 heterocycles. The van der Waals surface area contributed by atoms with Crippen LogP contribution in [0.15, 0.2) is 43.0 Å². The second-order valence-corrected chi connectivity index (χ2v) is 3.91. The molecule has 0 saturated heterocycles. The summed E-state index contributed by atoms with van der Waals surface area (Å²) in [5, 5.41) is 0. The molecular weight excluding hydrogens is 200 g/mol. The van der Waals surface area contributed by atoms with Gasteiger partial charge >= 0.3 is 5.97 Å². The molecule has 0 aliphatic rings. The van der Waals surface area contributed by atoms with E-state index in [-0.39, 0.29) is 17.8 Å². The van der Waals surface area contributed by atoms with E-state index in [9.17, 15) is 4.79 Å². The summed E-state index contributed by atoms with van der Waals surface area (Å²) in [5.41, 5.74) is 1.14. The molecule has 0 bridgehead atoms. The van der Waals surface area contributed by atoms with E-state index >= 15 is 0 Å². The van der Waals surface area contributed by atoms with Gasteiger partial charge in [-0.25, -0.2) is 0 Å². The topological polar surface area (TPSA) is 26.3 Å². The van der Waals surface area contributed by atoms with Gasteiger partial charge in [0.1, 0.15) is 0 Å². The molecule has 0 fully saturated rings. The van der Waals surface area contributed by atoms with E-state index in [2.05, 4.69) is 6.58 Å². The van der Waals surface area contributed by atoms with Crippen LogP contribution >= 0.6 is 0 Å². The Morgan fingerprint density at radius 2 is 2.06 bits per heavy atom. The number of carbonyl (C=O) groups excluding carboxylic acids is 1. The number of ether oxygens (including phenoxy) is 1. The molecule has 1 aromatic carbocycles. The number of hydrogen-bond donors (Lipinski definition) is 0. The van der Waals surface area contributed by atoms with Crippen LogP contribution in [0.25, 0.3) is 0 Å². The van der Waals surface area contributed by atoms with E-state index in [1.54, 1.807) is 6.08 Å². The van der Waals surface area contributed by atoms with Gasteiger partial charge in [-0.1, -0.05) is 43.3 Å². The maximum atomic E-state index is 11.6. The molecule has 2 nitrogen and oxygen atoms in total. The molecule has 0 aliphatic heterocycles. The van der Waals surface area contributed by atoms with Crippen molar-refractivity contribution >= 4 is 5.97 Å². The maximum Gasteiger partial charge on any atom is 0.309 e. The Morgan fingerprint density at radius 3 is 2.56 bits per heavy atom. The van der Waals surface area contributed by atoms with Gasteiger partial charge in [0.15, 0.2) is 0 Å². The number of esters is 1. The lowest BCUT2D eigenvalue weighted by Crippen LogP contribution is -2.24. The third-order valence-electron chi connectivity index (χ3n) is 2.81. The van der Waals surface area contributed by atoms with Gasteiger partial charge in [-0.3, -0.25) is 4.79 Å². The highest BCUT2D eigenvalue weighted by Crippen LogP contribution is 2.19. The van der Waals surface area contributed by atoms with Gasteiger partial charge in [0.25, 0.3) is 0 Å². The van der Waals surface area contributed by atoms with Gasteiger partial charge in [-0.05, 0) is 17.9 Å². The molecule has 0 aromatic heterocycles. The molecule has 0 amide bonds. The van der Waals surface area contributed by atoms with Gasteiger partial charge in [0.05, 0.1) is 13.0 Å². The normalized spacial score (nSPS) is 13.9. The summed E-state index contributed by atoms with van der Waals surface area (Å²) in [4.78, 5) is 11.6. The zero-order chi connectivity index (χ0) is 12.0. The maximum absolute atomic E-state index is 11.6. The molecule has 16 heavy (non-hydrogen) atoms. The van der Waals surface area contributed by atoms with Crippen molar-refractivity contribution in [2.75, 3.05) is 7.11 Å². The third kappa shape index (κ3) is 3.23. The molecule has 0 N–H and O–H groups in total. The van der Waals surface area contributed by atoms with Crippen molar-refractivity contribution in [2.45, 2.75) is 13.3 Å². The van der Waals surface area contributed by atoms with Crippen LogP contribution in [0.3, 0.4) is 0 Å². The number of rotatable bonds is 5. The van der Waals surface area contributed by atoms with Crippen molar-refractivity contribution in [1.82, 2.24) is 0 Å². The van der Waals surface area contributed by atoms with E-state index in [0.29, 0.717) is 6.42 Å². The predicted octanol–water partition coefficient (Wildman–Crippen LogP) is 2.84. The van der Waals surface area contributed by atoms with Gasteiger partial charge in [0, 0.05) is 0 Å². The zero-order valence-corrected chi connectivity index (χ0v) is 9.85. The van der Waals surface area contributed by atoms with Crippen LogP contribution < -0.4 is 0 Å². The molecular formula is C14H18O2. The lowest BCUT2D eigenvalue weighted by molar-refractivity contribution is -0.146. The number of hydrogen-bond acceptors (Lipinski definition) is 2. The smallest absolute Gasteiger partial charge is 0.309 e. The fraction of sp³-hybridized carbons (Fsp3) is 0.357. The number of benzene rings is 1. The average Bonchev–Trinajstić information content (AvgIpc) is 2.35. The van der Waals surface area contributed by atoms with Crippen molar-refractivity contribution in [3.8, 4) is 0 Å². The summed E-state index contributed by atoms with van der Waals surface area (Å²) in [7, 11) is 1.43. The molecule has 2 heteroatoms. The number of methoxy groups -OCH3 is 1. The number of carbonyl (C=O) groups is 1. The Balaban J connectivity index is 2.79. The molecule has 2 atom stereocenters. The molecule has 1 aromatic rings. The molecule has 0 saturated carbocycles. The monoisotopic (exact) mass is 218 g/mol. The van der Waals surface area contributed by atoms with E-state index in [0.717, 1.165) is 5.56 Å². The van der Waals surface area contributed by atoms with Crippen LogP contribution in [0.1, 0.15) is 12.5 Å². The summed E-state index contributed by atoms with van der Waals surface area (Å²) in [6.45, 7) is 5.72. The van der Waals surface area contributed by atoms with Crippen LogP contribution in [0.4, 0.5) is 0 Å². The minimum atomic E-state index is -0.170. The summed E-state index contributed by atoms with van der Waals surface area (Å²) in [5.74, 6) is -0.200.